The van der Waals surface area contributed by atoms with Gasteiger partial charge in [-0.05, 0) is 26.3 Å². The molecule has 2 aromatic rings. The van der Waals surface area contributed by atoms with Gasteiger partial charge in [-0.1, -0.05) is 29.8 Å². The molecule has 0 amide bonds. The molecule has 0 aliphatic rings. The number of hydrogen-bond acceptors (Lipinski definition) is 4. The largest absolute Gasteiger partial charge is 0.496 e. The number of aromatic nitrogens is 1. The average Bonchev–Trinajstić information content (AvgIpc) is 3.06. The van der Waals surface area contributed by atoms with Gasteiger partial charge in [0.15, 0.2) is 11.7 Å². The third-order valence-corrected chi connectivity index (χ3v) is 3.83. The normalized spacial score (nSPS) is 12.8. The van der Waals surface area contributed by atoms with Crippen LogP contribution in [-0.2, 0) is 13.0 Å². The van der Waals surface area contributed by atoms with Crippen molar-refractivity contribution in [3.8, 4) is 5.75 Å². The summed E-state index contributed by atoms with van der Waals surface area (Å²) in [6.07, 6.45) is 0.862. The van der Waals surface area contributed by atoms with Crippen LogP contribution in [0, 0.1) is 6.92 Å². The fourth-order valence-electron chi connectivity index (χ4n) is 2.45. The lowest BCUT2D eigenvalue weighted by Gasteiger charge is -2.20. The molecule has 2 rings (SSSR count). The zero-order chi connectivity index (χ0) is 17.5. The molecular formula is C18H26N4O2. The summed E-state index contributed by atoms with van der Waals surface area (Å²) in [5.74, 6) is 2.34. The van der Waals surface area contributed by atoms with Gasteiger partial charge < -0.3 is 19.9 Å². The Morgan fingerprint density at radius 1 is 1.38 bits per heavy atom. The molecule has 0 fully saturated rings. The highest BCUT2D eigenvalue weighted by Crippen LogP contribution is 2.25. The number of rotatable bonds is 6. The van der Waals surface area contributed by atoms with Crippen molar-refractivity contribution in [2.24, 2.45) is 4.99 Å². The summed E-state index contributed by atoms with van der Waals surface area (Å²) in [4.78, 5) is 4.27. The maximum absolute atomic E-state index is 5.46. The molecule has 2 N–H and O–H groups in total. The van der Waals surface area contributed by atoms with Crippen molar-refractivity contribution in [3.05, 3.63) is 46.8 Å². The summed E-state index contributed by atoms with van der Waals surface area (Å²) in [5.41, 5.74) is 3.23. The maximum Gasteiger partial charge on any atom is 0.191 e. The van der Waals surface area contributed by atoms with Crippen LogP contribution in [0.2, 0.25) is 0 Å². The number of aryl methyl sites for hydroxylation is 2. The van der Waals surface area contributed by atoms with E-state index in [0.717, 1.165) is 29.2 Å². The third-order valence-electron chi connectivity index (χ3n) is 3.83. The van der Waals surface area contributed by atoms with Crippen LogP contribution in [0.25, 0.3) is 0 Å². The second-order valence-electron chi connectivity index (χ2n) is 5.68. The van der Waals surface area contributed by atoms with E-state index in [4.69, 9.17) is 9.26 Å². The molecule has 0 spiro atoms. The number of methoxy groups -OCH3 is 1. The van der Waals surface area contributed by atoms with Gasteiger partial charge in [-0.3, -0.25) is 4.99 Å². The zero-order valence-corrected chi connectivity index (χ0v) is 15.0. The summed E-state index contributed by atoms with van der Waals surface area (Å²) in [6.45, 7) is 6.72. The van der Waals surface area contributed by atoms with E-state index >= 15 is 0 Å². The van der Waals surface area contributed by atoms with Gasteiger partial charge in [0.25, 0.3) is 0 Å². The second kappa shape index (κ2) is 8.38. The first kappa shape index (κ1) is 17.8. The SMILES string of the molecule is CCc1cc(CNC(=NC)NC(C)c2cc(C)ccc2OC)on1. The molecule has 1 aromatic carbocycles. The van der Waals surface area contributed by atoms with Crippen LogP contribution < -0.4 is 15.4 Å². The summed E-state index contributed by atoms with van der Waals surface area (Å²) in [7, 11) is 3.43. The molecule has 0 aliphatic heterocycles. The minimum absolute atomic E-state index is 0.0481. The van der Waals surface area contributed by atoms with E-state index in [9.17, 15) is 0 Å². The van der Waals surface area contributed by atoms with Crippen molar-refractivity contribution < 1.29 is 9.26 Å². The standard InChI is InChI=1S/C18H26N4O2/c1-6-14-10-15(24-22-14)11-20-18(19-4)21-13(3)16-9-12(2)7-8-17(16)23-5/h7-10,13H,6,11H2,1-5H3,(H2,19,20,21). The van der Waals surface area contributed by atoms with E-state index in [2.05, 4.69) is 40.7 Å². The minimum Gasteiger partial charge on any atom is -0.496 e. The number of guanidine groups is 1. The van der Waals surface area contributed by atoms with Gasteiger partial charge in [-0.15, -0.1) is 0 Å². The molecule has 0 saturated carbocycles. The highest BCUT2D eigenvalue weighted by Gasteiger charge is 2.13. The molecule has 6 nitrogen and oxygen atoms in total. The van der Waals surface area contributed by atoms with Gasteiger partial charge in [-0.25, -0.2) is 0 Å². The number of nitrogens with zero attached hydrogens (tertiary/aromatic N) is 2. The van der Waals surface area contributed by atoms with Crippen LogP contribution in [0.3, 0.4) is 0 Å². The van der Waals surface area contributed by atoms with Crippen LogP contribution in [0.4, 0.5) is 0 Å². The maximum atomic E-state index is 5.46. The molecule has 1 unspecified atom stereocenters. The van der Waals surface area contributed by atoms with Crippen molar-refractivity contribution in [1.82, 2.24) is 15.8 Å². The molecule has 0 saturated heterocycles. The van der Waals surface area contributed by atoms with E-state index < -0.39 is 0 Å². The molecular weight excluding hydrogens is 304 g/mol. The zero-order valence-electron chi connectivity index (χ0n) is 15.0. The van der Waals surface area contributed by atoms with E-state index in [1.807, 2.05) is 25.1 Å². The molecule has 0 radical (unpaired) electrons. The van der Waals surface area contributed by atoms with Crippen molar-refractivity contribution in [2.75, 3.05) is 14.2 Å². The van der Waals surface area contributed by atoms with Crippen molar-refractivity contribution in [3.63, 3.8) is 0 Å². The monoisotopic (exact) mass is 330 g/mol. The van der Waals surface area contributed by atoms with Crippen LogP contribution >= 0.6 is 0 Å². The molecule has 1 atom stereocenters. The van der Waals surface area contributed by atoms with E-state index in [0.29, 0.717) is 12.5 Å². The van der Waals surface area contributed by atoms with Crippen molar-refractivity contribution in [1.29, 1.82) is 0 Å². The van der Waals surface area contributed by atoms with Gasteiger partial charge in [0, 0.05) is 18.7 Å². The lowest BCUT2D eigenvalue weighted by atomic mass is 10.0. The Kier molecular flexibility index (Phi) is 6.23. The molecule has 1 aromatic heterocycles. The summed E-state index contributed by atoms with van der Waals surface area (Å²) < 4.78 is 10.7. The van der Waals surface area contributed by atoms with Crippen LogP contribution in [-0.4, -0.2) is 25.3 Å². The van der Waals surface area contributed by atoms with Crippen LogP contribution in [0.1, 0.15) is 42.5 Å². The average molecular weight is 330 g/mol. The smallest absolute Gasteiger partial charge is 0.191 e. The topological polar surface area (TPSA) is 71.7 Å². The fourth-order valence-corrected chi connectivity index (χ4v) is 2.45. The number of benzene rings is 1. The summed E-state index contributed by atoms with van der Waals surface area (Å²) in [6, 6.07) is 8.14. The Labute approximate surface area is 143 Å². The first-order chi connectivity index (χ1) is 11.6. The van der Waals surface area contributed by atoms with Crippen molar-refractivity contribution in [2.45, 2.75) is 39.8 Å². The molecule has 130 valence electrons. The summed E-state index contributed by atoms with van der Waals surface area (Å²) in [5, 5.41) is 10.6. The quantitative estimate of drug-likeness (QED) is 0.629. The highest BCUT2D eigenvalue weighted by molar-refractivity contribution is 5.80. The molecule has 0 aliphatic carbocycles. The third kappa shape index (κ3) is 4.50. The summed E-state index contributed by atoms with van der Waals surface area (Å²) >= 11 is 0. The second-order valence-corrected chi connectivity index (χ2v) is 5.68. The van der Waals surface area contributed by atoms with Gasteiger partial charge in [0.05, 0.1) is 25.4 Å². The van der Waals surface area contributed by atoms with Gasteiger partial charge in [0.1, 0.15) is 5.75 Å². The number of ether oxygens (including phenoxy) is 1. The Morgan fingerprint density at radius 3 is 2.79 bits per heavy atom. The predicted molar refractivity (Wildman–Crippen MR) is 95.4 cm³/mol. The molecule has 24 heavy (non-hydrogen) atoms. The van der Waals surface area contributed by atoms with Crippen LogP contribution in [0.5, 0.6) is 5.75 Å². The Hall–Kier alpha value is -2.50. The lowest BCUT2D eigenvalue weighted by Crippen LogP contribution is -2.38. The first-order valence-corrected chi connectivity index (χ1v) is 8.13. The van der Waals surface area contributed by atoms with E-state index in [1.165, 1.54) is 5.56 Å². The highest BCUT2D eigenvalue weighted by atomic mass is 16.5. The first-order valence-electron chi connectivity index (χ1n) is 8.13. The van der Waals surface area contributed by atoms with Gasteiger partial charge >= 0.3 is 0 Å². The lowest BCUT2D eigenvalue weighted by molar-refractivity contribution is 0.374. The fraction of sp³-hybridized carbons (Fsp3) is 0.444. The molecule has 0 bridgehead atoms. The van der Waals surface area contributed by atoms with Gasteiger partial charge in [0.2, 0.25) is 0 Å². The number of hydrogen-bond donors (Lipinski definition) is 2. The number of nitrogens with one attached hydrogen (secondary N) is 2. The van der Waals surface area contributed by atoms with Gasteiger partial charge in [-0.2, -0.15) is 0 Å². The minimum atomic E-state index is 0.0481. The number of aliphatic imine (C=N–C) groups is 1. The Balaban J connectivity index is 2.00. The Morgan fingerprint density at radius 2 is 2.17 bits per heavy atom. The molecule has 1 heterocycles. The Bertz CT molecular complexity index is 694. The van der Waals surface area contributed by atoms with E-state index in [1.54, 1.807) is 14.2 Å². The van der Waals surface area contributed by atoms with Crippen LogP contribution in [0.15, 0.2) is 33.8 Å². The van der Waals surface area contributed by atoms with E-state index in [-0.39, 0.29) is 6.04 Å². The van der Waals surface area contributed by atoms with Crippen molar-refractivity contribution >= 4 is 5.96 Å². The predicted octanol–water partition coefficient (Wildman–Crippen LogP) is 2.98. The molecule has 6 heteroatoms.